The monoisotopic (exact) mass is 308 g/mol. The van der Waals surface area contributed by atoms with Gasteiger partial charge in [-0.15, -0.1) is 0 Å². The van der Waals surface area contributed by atoms with Crippen molar-refractivity contribution in [3.8, 4) is 11.5 Å². The molecular weight excluding hydrogens is 291 g/mol. The van der Waals surface area contributed by atoms with E-state index in [-0.39, 0.29) is 0 Å². The summed E-state index contributed by atoms with van der Waals surface area (Å²) in [7, 11) is 0. The van der Waals surface area contributed by atoms with E-state index >= 15 is 0 Å². The largest absolute Gasteiger partial charge is 1.20 e. The highest BCUT2D eigenvalue weighted by molar-refractivity contribution is 6.42. The Morgan fingerprint density at radius 2 is 1.57 bits per heavy atom. The molecule has 0 bridgehead atoms. The maximum absolute atomic E-state index is 11.0. The molecule has 0 radical (unpaired) electrons. The molecule has 112 valence electrons. The van der Waals surface area contributed by atoms with E-state index < -0.39 is 27.1 Å². The topological polar surface area (TPSA) is 71.1 Å². The molecule has 1 aromatic carbocycles. The average Bonchev–Trinajstić information content (AvgIpc) is 2.36. The lowest BCUT2D eigenvalue weighted by molar-refractivity contribution is -0.139. The summed E-state index contributed by atoms with van der Waals surface area (Å²) in [6.45, 7) is 8.34. The number of hydrogen-bond donors (Lipinski definition) is 0. The van der Waals surface area contributed by atoms with E-state index in [9.17, 15) is 9.59 Å². The third kappa shape index (κ3) is 6.84. The zero-order valence-corrected chi connectivity index (χ0v) is 13.4. The van der Waals surface area contributed by atoms with Crippen LogP contribution in [0.15, 0.2) is 36.4 Å². The van der Waals surface area contributed by atoms with Crippen molar-refractivity contribution in [3.63, 3.8) is 0 Å². The Balaban J connectivity index is 2.84. The first-order chi connectivity index (χ1) is 9.88. The minimum absolute atomic E-state index is 0.327. The van der Waals surface area contributed by atoms with Gasteiger partial charge in [-0.25, -0.2) is 0 Å². The summed E-state index contributed by atoms with van der Waals surface area (Å²) >= 11 is -2.96. The highest BCUT2D eigenvalue weighted by atomic mass is 27.3. The van der Waals surface area contributed by atoms with Gasteiger partial charge in [-0.2, -0.15) is 0 Å². The zero-order valence-electron chi connectivity index (χ0n) is 12.3. The number of rotatable bonds is 7. The summed E-state index contributed by atoms with van der Waals surface area (Å²) in [5, 5.41) is 0. The van der Waals surface area contributed by atoms with Gasteiger partial charge in [0.2, 0.25) is 0 Å². The van der Waals surface area contributed by atoms with Crippen LogP contribution in [0.1, 0.15) is 20.8 Å². The molecule has 0 saturated heterocycles. The number of carbonyl (C=O) groups is 2. The van der Waals surface area contributed by atoms with Crippen LogP contribution in [0, 0.1) is 0 Å². The van der Waals surface area contributed by atoms with Crippen LogP contribution < -0.4 is 8.53 Å². The summed E-state index contributed by atoms with van der Waals surface area (Å²) in [5.74, 6) is -0.350. The molecule has 1 aromatic rings. The lowest BCUT2D eigenvalue weighted by atomic mass is 10.3. The van der Waals surface area contributed by atoms with E-state index in [1.54, 1.807) is 24.3 Å². The van der Waals surface area contributed by atoms with Gasteiger partial charge in [-0.1, -0.05) is 18.7 Å². The molecule has 21 heavy (non-hydrogen) atoms. The Morgan fingerprint density at radius 1 is 1.05 bits per heavy atom. The van der Waals surface area contributed by atoms with Crippen molar-refractivity contribution < 1.29 is 25.7 Å². The molecule has 0 saturated carbocycles. The van der Waals surface area contributed by atoms with Gasteiger partial charge in [0, 0.05) is 13.8 Å². The van der Waals surface area contributed by atoms with Crippen LogP contribution in [0.3, 0.4) is 0 Å². The number of benzene rings is 1. The predicted molar refractivity (Wildman–Crippen MR) is 76.7 cm³/mol. The van der Waals surface area contributed by atoms with Crippen molar-refractivity contribution in [3.05, 3.63) is 36.4 Å². The van der Waals surface area contributed by atoms with E-state index in [4.69, 9.17) is 16.1 Å². The normalized spacial score (nSPS) is 9.48. The van der Waals surface area contributed by atoms with Crippen LogP contribution in [-0.4, -0.2) is 33.7 Å². The van der Waals surface area contributed by atoms with Crippen LogP contribution in [0.2, 0.25) is 0 Å². The first kappa shape index (κ1) is 17.1. The van der Waals surface area contributed by atoms with Crippen molar-refractivity contribution in [1.82, 2.24) is 0 Å². The Morgan fingerprint density at radius 3 is 2.05 bits per heavy atom. The van der Waals surface area contributed by atoms with Crippen molar-refractivity contribution in [1.29, 1.82) is 0 Å². The SMILES string of the molecule is C=C(C)COc1ccccc1[O][Al]([O]C(C)=O)[O]C(C)=O. The third-order valence-electron chi connectivity index (χ3n) is 2.07. The molecule has 0 aliphatic carbocycles. The number of para-hydroxylation sites is 2. The Hall–Kier alpha value is -1.97. The second kappa shape index (κ2) is 8.35. The summed E-state index contributed by atoms with van der Waals surface area (Å²) in [5.41, 5.74) is 0.846. The van der Waals surface area contributed by atoms with E-state index in [0.717, 1.165) is 5.57 Å². The summed E-state index contributed by atoms with van der Waals surface area (Å²) in [4.78, 5) is 22.0. The van der Waals surface area contributed by atoms with Gasteiger partial charge in [0.05, 0.1) is 0 Å². The quantitative estimate of drug-likeness (QED) is 0.567. The maximum atomic E-state index is 11.0. The van der Waals surface area contributed by atoms with Crippen LogP contribution in [0.25, 0.3) is 0 Å². The second-order valence-corrected chi connectivity index (χ2v) is 5.60. The highest BCUT2D eigenvalue weighted by Crippen LogP contribution is 2.27. The average molecular weight is 308 g/mol. The molecule has 0 N–H and O–H groups in total. The maximum Gasteiger partial charge on any atom is 1.20 e. The third-order valence-corrected chi connectivity index (χ3v) is 3.57. The first-order valence-corrected chi connectivity index (χ1v) is 7.67. The smallest absolute Gasteiger partial charge is 0.575 e. The van der Waals surface area contributed by atoms with Crippen molar-refractivity contribution in [2.75, 3.05) is 6.61 Å². The first-order valence-electron chi connectivity index (χ1n) is 6.25. The molecule has 0 aliphatic heterocycles. The van der Waals surface area contributed by atoms with E-state index in [1.807, 2.05) is 6.92 Å². The minimum atomic E-state index is -2.96. The van der Waals surface area contributed by atoms with Gasteiger partial charge in [0.15, 0.2) is 5.75 Å². The molecule has 0 amide bonds. The lowest BCUT2D eigenvalue weighted by Gasteiger charge is -2.16. The zero-order chi connectivity index (χ0) is 15.8. The highest BCUT2D eigenvalue weighted by Gasteiger charge is 2.46. The summed E-state index contributed by atoms with van der Waals surface area (Å²) < 4.78 is 20.8. The molecule has 0 spiro atoms. The van der Waals surface area contributed by atoms with Crippen LogP contribution in [0.4, 0.5) is 0 Å². The number of ether oxygens (including phenoxy) is 1. The summed E-state index contributed by atoms with van der Waals surface area (Å²) in [6, 6.07) is 6.84. The minimum Gasteiger partial charge on any atom is -0.575 e. The van der Waals surface area contributed by atoms with Gasteiger partial charge in [0.25, 0.3) is 11.9 Å². The van der Waals surface area contributed by atoms with E-state index in [1.165, 1.54) is 13.8 Å². The lowest BCUT2D eigenvalue weighted by Crippen LogP contribution is -2.34. The number of hydrogen-bond acceptors (Lipinski definition) is 6. The molecule has 0 aromatic heterocycles. The molecule has 1 rings (SSSR count). The Kier molecular flexibility index (Phi) is 6.79. The van der Waals surface area contributed by atoms with Crippen molar-refractivity contribution >= 4 is 27.1 Å². The van der Waals surface area contributed by atoms with Gasteiger partial charge >= 0.3 is 15.1 Å². The second-order valence-electron chi connectivity index (χ2n) is 4.32. The fourth-order valence-corrected chi connectivity index (χ4v) is 2.40. The van der Waals surface area contributed by atoms with E-state index in [2.05, 4.69) is 6.58 Å². The molecule has 0 unspecified atom stereocenters. The molecule has 0 heterocycles. The Labute approximate surface area is 128 Å². The number of carbonyl (C=O) groups excluding carboxylic acids is 2. The van der Waals surface area contributed by atoms with Crippen molar-refractivity contribution in [2.45, 2.75) is 20.8 Å². The molecule has 0 atom stereocenters. The van der Waals surface area contributed by atoms with Crippen LogP contribution in [0.5, 0.6) is 11.5 Å². The van der Waals surface area contributed by atoms with Gasteiger partial charge < -0.3 is 16.1 Å². The fourth-order valence-electron chi connectivity index (χ4n) is 1.31. The predicted octanol–water partition coefficient (Wildman–Crippen LogP) is 2.13. The van der Waals surface area contributed by atoms with Crippen LogP contribution >= 0.6 is 0 Å². The Bertz CT molecular complexity index is 512. The van der Waals surface area contributed by atoms with E-state index in [0.29, 0.717) is 18.1 Å². The van der Waals surface area contributed by atoms with Crippen molar-refractivity contribution in [2.24, 2.45) is 0 Å². The fraction of sp³-hybridized carbons (Fsp3) is 0.286. The molecule has 7 heteroatoms. The van der Waals surface area contributed by atoms with Gasteiger partial charge in [-0.05, 0) is 24.6 Å². The molecular formula is C14H17AlO6. The molecule has 6 nitrogen and oxygen atoms in total. The van der Waals surface area contributed by atoms with Gasteiger partial charge in [-0.3, -0.25) is 9.59 Å². The standard InChI is InChI=1S/C10H12O2.2C2H4O2.Al/c1-8(2)7-12-10-6-4-3-5-9(10)11;2*1-2(3)4;/h3-6,11H,1,7H2,2H3;2*1H3,(H,3,4);/q;;;+3/p-3. The molecule has 0 fully saturated rings. The van der Waals surface area contributed by atoms with Crippen LogP contribution in [-0.2, 0) is 17.2 Å². The van der Waals surface area contributed by atoms with Gasteiger partial charge in [0.1, 0.15) is 12.4 Å². The summed E-state index contributed by atoms with van der Waals surface area (Å²) in [6.07, 6.45) is 0. The molecule has 0 aliphatic rings.